The quantitative estimate of drug-likeness (QED) is 0.884. The van der Waals surface area contributed by atoms with Crippen LogP contribution in [0.4, 0.5) is 0 Å². The molecule has 4 heteroatoms. The second-order valence-corrected chi connectivity index (χ2v) is 5.41. The molecule has 0 aliphatic heterocycles. The van der Waals surface area contributed by atoms with Gasteiger partial charge in [0.25, 0.3) is 0 Å². The molecule has 0 atom stereocenters. The minimum Gasteiger partial charge on any atom is -0.493 e. The van der Waals surface area contributed by atoms with Crippen molar-refractivity contribution in [2.24, 2.45) is 0 Å². The Morgan fingerprint density at radius 2 is 1.80 bits per heavy atom. The zero-order valence-electron chi connectivity index (χ0n) is 11.9. The molecule has 1 N–H and O–H groups in total. The molecule has 0 fully saturated rings. The van der Waals surface area contributed by atoms with Crippen molar-refractivity contribution in [1.82, 2.24) is 5.32 Å². The number of hydrogen-bond acceptors (Lipinski definition) is 3. The Bertz CT molecular complexity index is 599. The highest BCUT2D eigenvalue weighted by Crippen LogP contribution is 2.35. The van der Waals surface area contributed by atoms with E-state index in [2.05, 4.69) is 21.2 Å². The van der Waals surface area contributed by atoms with E-state index in [-0.39, 0.29) is 0 Å². The van der Waals surface area contributed by atoms with E-state index in [1.165, 1.54) is 5.56 Å². The van der Waals surface area contributed by atoms with E-state index in [1.807, 2.05) is 50.4 Å². The molecule has 0 aliphatic carbocycles. The SMILES string of the molecule is CNCc1ccc(Oc2ccc(C)cc2OC)c(Br)c1. The third kappa shape index (κ3) is 3.52. The number of methoxy groups -OCH3 is 1. The lowest BCUT2D eigenvalue weighted by Gasteiger charge is -2.13. The number of ether oxygens (including phenoxy) is 2. The van der Waals surface area contributed by atoms with Crippen molar-refractivity contribution in [3.8, 4) is 17.2 Å². The Morgan fingerprint density at radius 1 is 1.05 bits per heavy atom. The molecule has 20 heavy (non-hydrogen) atoms. The third-order valence-corrected chi connectivity index (χ3v) is 3.54. The molecule has 0 aromatic heterocycles. The summed E-state index contributed by atoms with van der Waals surface area (Å²) in [5.74, 6) is 2.21. The molecule has 2 aromatic carbocycles. The fourth-order valence-electron chi connectivity index (χ4n) is 1.92. The lowest BCUT2D eigenvalue weighted by molar-refractivity contribution is 0.378. The summed E-state index contributed by atoms with van der Waals surface area (Å²) < 4.78 is 12.2. The molecule has 0 saturated heterocycles. The van der Waals surface area contributed by atoms with Crippen LogP contribution in [0.15, 0.2) is 40.9 Å². The maximum Gasteiger partial charge on any atom is 0.169 e. The maximum absolute atomic E-state index is 5.93. The summed E-state index contributed by atoms with van der Waals surface area (Å²) in [5.41, 5.74) is 2.33. The first-order valence-electron chi connectivity index (χ1n) is 6.39. The van der Waals surface area contributed by atoms with Crippen molar-refractivity contribution in [2.75, 3.05) is 14.2 Å². The van der Waals surface area contributed by atoms with Gasteiger partial charge in [-0.25, -0.2) is 0 Å². The van der Waals surface area contributed by atoms with Crippen LogP contribution in [0.1, 0.15) is 11.1 Å². The smallest absolute Gasteiger partial charge is 0.169 e. The van der Waals surface area contributed by atoms with Crippen molar-refractivity contribution < 1.29 is 9.47 Å². The maximum atomic E-state index is 5.93. The first-order valence-corrected chi connectivity index (χ1v) is 7.19. The molecule has 0 amide bonds. The molecule has 2 rings (SSSR count). The van der Waals surface area contributed by atoms with Gasteiger partial charge in [-0.3, -0.25) is 0 Å². The molecular weight excluding hydrogens is 318 g/mol. The monoisotopic (exact) mass is 335 g/mol. The zero-order valence-corrected chi connectivity index (χ0v) is 13.5. The van der Waals surface area contributed by atoms with Crippen LogP contribution in [0.3, 0.4) is 0 Å². The van der Waals surface area contributed by atoms with Crippen molar-refractivity contribution in [1.29, 1.82) is 0 Å². The zero-order chi connectivity index (χ0) is 14.5. The van der Waals surface area contributed by atoms with Gasteiger partial charge >= 0.3 is 0 Å². The van der Waals surface area contributed by atoms with Crippen molar-refractivity contribution in [3.63, 3.8) is 0 Å². The second kappa shape index (κ2) is 6.77. The Labute approximate surface area is 128 Å². The molecule has 2 aromatic rings. The van der Waals surface area contributed by atoms with Gasteiger partial charge in [0.05, 0.1) is 11.6 Å². The van der Waals surface area contributed by atoms with E-state index in [4.69, 9.17) is 9.47 Å². The fraction of sp³-hybridized carbons (Fsp3) is 0.250. The minimum atomic E-state index is 0.708. The highest BCUT2D eigenvalue weighted by molar-refractivity contribution is 9.10. The second-order valence-electron chi connectivity index (χ2n) is 4.55. The first-order chi connectivity index (χ1) is 9.63. The normalized spacial score (nSPS) is 10.4. The van der Waals surface area contributed by atoms with Gasteiger partial charge in [0.15, 0.2) is 11.5 Å². The van der Waals surface area contributed by atoms with Gasteiger partial charge in [-0.05, 0) is 65.3 Å². The predicted octanol–water partition coefficient (Wildman–Crippen LogP) is 4.28. The lowest BCUT2D eigenvalue weighted by Crippen LogP contribution is -2.04. The van der Waals surface area contributed by atoms with E-state index in [0.29, 0.717) is 5.75 Å². The van der Waals surface area contributed by atoms with Crippen LogP contribution in [0.5, 0.6) is 17.2 Å². The molecule has 0 unspecified atom stereocenters. The van der Waals surface area contributed by atoms with Crippen LogP contribution < -0.4 is 14.8 Å². The molecule has 0 spiro atoms. The summed E-state index contributed by atoms with van der Waals surface area (Å²) in [6, 6.07) is 11.9. The Kier molecular flexibility index (Phi) is 5.04. The highest BCUT2D eigenvalue weighted by atomic mass is 79.9. The number of halogens is 1. The van der Waals surface area contributed by atoms with Gasteiger partial charge in [0.1, 0.15) is 5.75 Å². The first kappa shape index (κ1) is 14.9. The molecule has 3 nitrogen and oxygen atoms in total. The molecule has 0 aliphatic rings. The highest BCUT2D eigenvalue weighted by Gasteiger charge is 2.09. The van der Waals surface area contributed by atoms with Crippen LogP contribution in [-0.4, -0.2) is 14.2 Å². The topological polar surface area (TPSA) is 30.5 Å². The average molecular weight is 336 g/mol. The summed E-state index contributed by atoms with van der Waals surface area (Å²) in [6.45, 7) is 2.85. The van der Waals surface area contributed by atoms with E-state index in [9.17, 15) is 0 Å². The van der Waals surface area contributed by atoms with Gasteiger partial charge in [0.2, 0.25) is 0 Å². The summed E-state index contributed by atoms with van der Waals surface area (Å²) in [7, 11) is 3.57. The number of nitrogens with one attached hydrogen (secondary N) is 1. The summed E-state index contributed by atoms with van der Waals surface area (Å²) in [6.07, 6.45) is 0. The van der Waals surface area contributed by atoms with Crippen molar-refractivity contribution >= 4 is 15.9 Å². The molecule has 0 radical (unpaired) electrons. The van der Waals surface area contributed by atoms with Crippen LogP contribution in [0, 0.1) is 6.92 Å². The molecular formula is C16H18BrNO2. The number of benzene rings is 2. The molecule has 106 valence electrons. The Hall–Kier alpha value is -1.52. The summed E-state index contributed by atoms with van der Waals surface area (Å²) >= 11 is 3.54. The van der Waals surface area contributed by atoms with Crippen LogP contribution in [-0.2, 0) is 6.54 Å². The standard InChI is InChI=1S/C16H18BrNO2/c1-11-4-6-15(16(8-11)19-3)20-14-7-5-12(10-18-2)9-13(14)17/h4-9,18H,10H2,1-3H3. The Balaban J connectivity index is 2.26. The van der Waals surface area contributed by atoms with Gasteiger partial charge in [-0.2, -0.15) is 0 Å². The largest absolute Gasteiger partial charge is 0.493 e. The number of hydrogen-bond donors (Lipinski definition) is 1. The molecule has 0 saturated carbocycles. The van der Waals surface area contributed by atoms with Crippen LogP contribution in [0.25, 0.3) is 0 Å². The predicted molar refractivity (Wildman–Crippen MR) is 84.7 cm³/mol. The van der Waals surface area contributed by atoms with Crippen molar-refractivity contribution in [2.45, 2.75) is 13.5 Å². The van der Waals surface area contributed by atoms with Gasteiger partial charge < -0.3 is 14.8 Å². The van der Waals surface area contributed by atoms with E-state index < -0.39 is 0 Å². The average Bonchev–Trinajstić information content (AvgIpc) is 2.43. The fourth-order valence-corrected chi connectivity index (χ4v) is 2.43. The Morgan fingerprint density at radius 3 is 2.45 bits per heavy atom. The lowest BCUT2D eigenvalue weighted by atomic mass is 10.2. The third-order valence-electron chi connectivity index (χ3n) is 2.92. The number of rotatable bonds is 5. The molecule has 0 bridgehead atoms. The van der Waals surface area contributed by atoms with Gasteiger partial charge in [0, 0.05) is 6.54 Å². The van der Waals surface area contributed by atoms with E-state index >= 15 is 0 Å². The molecule has 0 heterocycles. The summed E-state index contributed by atoms with van der Waals surface area (Å²) in [5, 5.41) is 3.12. The number of aryl methyl sites for hydroxylation is 1. The summed E-state index contributed by atoms with van der Waals surface area (Å²) in [4.78, 5) is 0. The van der Waals surface area contributed by atoms with E-state index in [0.717, 1.165) is 28.1 Å². The van der Waals surface area contributed by atoms with Gasteiger partial charge in [-0.15, -0.1) is 0 Å². The van der Waals surface area contributed by atoms with Gasteiger partial charge in [-0.1, -0.05) is 12.1 Å². The van der Waals surface area contributed by atoms with Crippen LogP contribution in [0.2, 0.25) is 0 Å². The van der Waals surface area contributed by atoms with E-state index in [1.54, 1.807) is 7.11 Å². The van der Waals surface area contributed by atoms with Crippen molar-refractivity contribution in [3.05, 3.63) is 52.0 Å². The van der Waals surface area contributed by atoms with Crippen LogP contribution >= 0.6 is 15.9 Å². The minimum absolute atomic E-state index is 0.708.